The molecular weight excluding hydrogens is 948 g/mol. The van der Waals surface area contributed by atoms with Gasteiger partial charge < -0.3 is 130 Å². The molecule has 2 fully saturated rings. The fourth-order valence-corrected chi connectivity index (χ4v) is 4.55. The lowest BCUT2D eigenvalue weighted by Gasteiger charge is -2.22. The van der Waals surface area contributed by atoms with E-state index in [2.05, 4.69) is 4.74 Å². The van der Waals surface area contributed by atoms with Gasteiger partial charge in [-0.2, -0.15) is 0 Å². The highest BCUT2D eigenvalue weighted by molar-refractivity contribution is 5.85. The largest absolute Gasteiger partial charge is 0.512 e. The van der Waals surface area contributed by atoms with Crippen LogP contribution in [0.3, 0.4) is 0 Å². The molecule has 0 saturated carbocycles. The van der Waals surface area contributed by atoms with Crippen molar-refractivity contribution in [3.8, 4) is 0 Å². The lowest BCUT2D eigenvalue weighted by Crippen LogP contribution is -2.46. The zero-order valence-corrected chi connectivity index (χ0v) is 37.3. The number of furan rings is 2. The Bertz CT molecular complexity index is 1620. The topological polar surface area (TPSA) is 551 Å². The van der Waals surface area contributed by atoms with Crippen molar-refractivity contribution in [3.05, 3.63) is 71.2 Å². The molecule has 0 aromatic carbocycles. The van der Waals surface area contributed by atoms with E-state index in [1.807, 2.05) is 0 Å². The summed E-state index contributed by atoms with van der Waals surface area (Å²) in [5.41, 5.74) is 0. The zero-order chi connectivity index (χ0) is 54.4. The maximum Gasteiger partial charge on any atom is 0.348 e. The van der Waals surface area contributed by atoms with Gasteiger partial charge in [0.05, 0.1) is 33.0 Å². The van der Waals surface area contributed by atoms with Gasteiger partial charge in [0.25, 0.3) is 0 Å². The van der Waals surface area contributed by atoms with Gasteiger partial charge in [0, 0.05) is 21.3 Å². The summed E-state index contributed by atoms with van der Waals surface area (Å²) in [6.07, 6.45) is -10.3. The van der Waals surface area contributed by atoms with Crippen LogP contribution in [-0.2, 0) is 32.2 Å². The number of ketones is 1. The van der Waals surface area contributed by atoms with Crippen LogP contribution in [0.5, 0.6) is 0 Å². The smallest absolute Gasteiger partial charge is 0.348 e. The van der Waals surface area contributed by atoms with Crippen LogP contribution in [0.15, 0.2) is 57.0 Å². The summed E-state index contributed by atoms with van der Waals surface area (Å²) < 4.78 is 23.7. The molecule has 2 aromatic rings. The molecule has 2 aromatic heterocycles. The maximum atomic E-state index is 10.0. The zero-order valence-electron chi connectivity index (χ0n) is 37.3. The Balaban J connectivity index is -0.000000360. The van der Waals surface area contributed by atoms with E-state index in [-0.39, 0.29) is 42.9 Å². The number of carbonyl (C=O) groups is 3. The Morgan fingerprint density at radius 2 is 1.14 bits per heavy atom. The number of aliphatic hydroxyl groups excluding tert-OH is 20. The van der Waals surface area contributed by atoms with Crippen LogP contribution in [0.4, 0.5) is 0 Å². The second-order valence-corrected chi connectivity index (χ2v) is 12.6. The van der Waals surface area contributed by atoms with E-state index in [0.29, 0.717) is 36.6 Å². The number of aldehydes is 3. The van der Waals surface area contributed by atoms with E-state index in [4.69, 9.17) is 125 Å². The average molecular weight is 1020 g/mol. The van der Waals surface area contributed by atoms with E-state index in [0.717, 1.165) is 21.3 Å². The molecule has 0 spiro atoms. The predicted molar refractivity (Wildman–Crippen MR) is 226 cm³/mol. The third-order valence-electron chi connectivity index (χ3n) is 8.14. The molecule has 0 bridgehead atoms. The average Bonchev–Trinajstić information content (AvgIpc) is 4.25. The van der Waals surface area contributed by atoms with Crippen molar-refractivity contribution < 1.29 is 149 Å². The molecule has 402 valence electrons. The van der Waals surface area contributed by atoms with E-state index in [1.165, 1.54) is 18.2 Å². The highest BCUT2D eigenvalue weighted by Crippen LogP contribution is 2.28. The molecule has 3 aliphatic heterocycles. The molecule has 5 heterocycles. The van der Waals surface area contributed by atoms with Gasteiger partial charge in [0.1, 0.15) is 79.8 Å². The molecule has 5 unspecified atom stereocenters. The SMILES string of the molecule is CO.CO.CO.O/C=C1\OC(CO)[C@@H](O)[C@@H]1O.O=CC1=C[C@H](O)C(CO)O1.O=Cc1ccc(CO)o1.O=Cc1ccc(CO)o1.OCC(=[OH+])[C@@H](O)[C@H](O)C(O)CO.OCC1OC(O)(CO)[C@@H](O)[C@@H]1O. The molecule has 22 N–H and O–H groups in total. The number of allylic oxidation sites excluding steroid dienone is 1. The molecular formula is C39H67O30+. The minimum Gasteiger partial charge on any atom is -0.512 e. The van der Waals surface area contributed by atoms with Crippen LogP contribution in [-0.4, -0.2) is 271 Å². The Labute approximate surface area is 392 Å². The molecule has 30 heteroatoms. The third-order valence-corrected chi connectivity index (χ3v) is 8.14. The van der Waals surface area contributed by atoms with Crippen molar-refractivity contribution in [1.82, 2.24) is 0 Å². The Morgan fingerprint density at radius 1 is 0.681 bits per heavy atom. The molecule has 30 nitrogen and oxygen atoms in total. The van der Waals surface area contributed by atoms with Crippen molar-refractivity contribution in [2.24, 2.45) is 0 Å². The van der Waals surface area contributed by atoms with E-state index >= 15 is 0 Å². The van der Waals surface area contributed by atoms with Gasteiger partial charge in [-0.05, 0) is 30.3 Å². The summed E-state index contributed by atoms with van der Waals surface area (Å²) in [5, 5.41) is 178. The van der Waals surface area contributed by atoms with Crippen molar-refractivity contribution in [2.45, 2.75) is 86.1 Å². The van der Waals surface area contributed by atoms with Gasteiger partial charge in [0.2, 0.25) is 5.79 Å². The fraction of sp³-hybridized carbons (Fsp3) is 0.590. The monoisotopic (exact) mass is 1020 g/mol. The number of ether oxygens (including phenoxy) is 3. The van der Waals surface area contributed by atoms with Gasteiger partial charge in [0.15, 0.2) is 66.8 Å². The second kappa shape index (κ2) is 41.1. The van der Waals surface area contributed by atoms with Gasteiger partial charge in [-0.1, -0.05) is 0 Å². The summed E-state index contributed by atoms with van der Waals surface area (Å²) in [6, 6.07) is 6.14. The van der Waals surface area contributed by atoms with E-state index in [1.54, 1.807) is 12.1 Å². The summed E-state index contributed by atoms with van der Waals surface area (Å²) in [5.74, 6) is -1.61. The van der Waals surface area contributed by atoms with Crippen molar-refractivity contribution in [3.63, 3.8) is 0 Å². The number of hydrogen-bond acceptors (Lipinski definition) is 29. The van der Waals surface area contributed by atoms with E-state index in [9.17, 15) is 19.5 Å². The van der Waals surface area contributed by atoms with Crippen LogP contribution in [0.2, 0.25) is 0 Å². The molecule has 12 atom stereocenters. The fourth-order valence-electron chi connectivity index (χ4n) is 4.55. The third kappa shape index (κ3) is 25.1. The van der Waals surface area contributed by atoms with E-state index < -0.39 is 112 Å². The highest BCUT2D eigenvalue weighted by atomic mass is 16.7. The number of carbonyl (C=O) groups excluding carboxylic acids is 4. The summed E-state index contributed by atoms with van der Waals surface area (Å²) >= 11 is 0. The summed E-state index contributed by atoms with van der Waals surface area (Å²) in [6.45, 7) is -3.90. The normalized spacial score (nSPS) is 25.4. The van der Waals surface area contributed by atoms with Crippen molar-refractivity contribution in [2.75, 3.05) is 61.0 Å². The Kier molecular flexibility index (Phi) is 42.2. The number of hydrogen-bond donors (Lipinski definition) is 21. The summed E-state index contributed by atoms with van der Waals surface area (Å²) in [4.78, 5) is 38.7. The Hall–Kier alpha value is -4.72. The number of rotatable bonds is 14. The molecule has 0 amide bonds. The lowest BCUT2D eigenvalue weighted by molar-refractivity contribution is -0.248. The molecule has 5 rings (SSSR count). The van der Waals surface area contributed by atoms with Gasteiger partial charge in [-0.3, -0.25) is 19.2 Å². The minimum atomic E-state index is -2.16. The predicted octanol–water partition coefficient (Wildman–Crippen LogP) is -9.31. The lowest BCUT2D eigenvalue weighted by atomic mass is 10.1. The molecule has 69 heavy (non-hydrogen) atoms. The van der Waals surface area contributed by atoms with Gasteiger partial charge in [-0.25, -0.2) is 0 Å². The quantitative estimate of drug-likeness (QED) is 0.0475. The first-order valence-electron chi connectivity index (χ1n) is 19.3. The molecule has 0 radical (unpaired) electrons. The van der Waals surface area contributed by atoms with Crippen LogP contribution < -0.4 is 0 Å². The minimum absolute atomic E-state index is 0.0894. The first-order valence-corrected chi connectivity index (χ1v) is 19.3. The number of aliphatic hydroxyl groups is 21. The standard InChI is InChI=1S/2C6H12O6.C6H10O5.C6H8O4.2C6H6O3.3CH4O/c7-1-3-4(9)5(10)6(11,2-8)12-3;7-1-3(9)5(11)6(12)4(10)2-8;7-1-3-5(9)6(10)4(2-8)11-3;7-2-4-1-5(9)6(3-8)10-4;2*7-3-5-1-2-6(4-8)9-5;3*1-2/h3-5,7-11H,1-2H2;3,5-9,11-12H,1-2H2;1,4-10H,2H2;1-2,5-6,8-9H,3H2;2*1-3,8H,4H2;3*2H,1H3/p+1/b;;3-1-;;;;;;/t3?,4-,5+,6?;3?,5-,6-;4?,5-,6-;5-,6?;;;;;/m1110...../s1. The van der Waals surface area contributed by atoms with Gasteiger partial charge in [-0.15, -0.1) is 0 Å². The van der Waals surface area contributed by atoms with Crippen molar-refractivity contribution >= 4 is 24.6 Å². The Morgan fingerprint density at radius 3 is 1.38 bits per heavy atom. The maximum absolute atomic E-state index is 10.0. The molecule has 2 saturated heterocycles. The second-order valence-electron chi connectivity index (χ2n) is 12.6. The first-order chi connectivity index (χ1) is 32.8. The first kappa shape index (κ1) is 70.8. The van der Waals surface area contributed by atoms with Gasteiger partial charge >= 0.3 is 5.78 Å². The molecule has 3 aliphatic rings. The molecule has 0 aliphatic carbocycles. The van der Waals surface area contributed by atoms with Crippen LogP contribution in [0.1, 0.15) is 32.6 Å². The van der Waals surface area contributed by atoms with Crippen LogP contribution in [0, 0.1) is 0 Å². The van der Waals surface area contributed by atoms with Crippen LogP contribution in [0.25, 0.3) is 0 Å². The van der Waals surface area contributed by atoms with Crippen molar-refractivity contribution in [1.29, 1.82) is 0 Å². The highest BCUT2D eigenvalue weighted by Gasteiger charge is 2.52. The summed E-state index contributed by atoms with van der Waals surface area (Å²) in [7, 11) is 3.00. The van der Waals surface area contributed by atoms with Crippen LogP contribution >= 0.6 is 0 Å².